The third-order valence-corrected chi connectivity index (χ3v) is 1.72. The van der Waals surface area contributed by atoms with Gasteiger partial charge in [-0.2, -0.15) is 5.10 Å². The van der Waals surface area contributed by atoms with Crippen LogP contribution in [-0.4, -0.2) is 29.4 Å². The molecular formula is C9H13F3N2O2. The van der Waals surface area contributed by atoms with Gasteiger partial charge in [0, 0.05) is 6.04 Å². The van der Waals surface area contributed by atoms with E-state index in [0.29, 0.717) is 5.75 Å². The van der Waals surface area contributed by atoms with E-state index in [2.05, 4.69) is 9.84 Å². The molecule has 4 nitrogen and oxygen atoms in total. The minimum Gasteiger partial charge on any atom is -0.488 e. The zero-order chi connectivity index (χ0) is 12.2. The molecule has 92 valence electrons. The summed E-state index contributed by atoms with van der Waals surface area (Å²) in [6.07, 6.45) is -1.53. The zero-order valence-electron chi connectivity index (χ0n) is 8.99. The molecule has 0 saturated carbocycles. The maximum absolute atomic E-state index is 11.6. The van der Waals surface area contributed by atoms with Crippen LogP contribution < -0.4 is 4.74 Å². The fourth-order valence-corrected chi connectivity index (χ4v) is 0.994. The summed E-state index contributed by atoms with van der Waals surface area (Å²) >= 11 is 0. The highest BCUT2D eigenvalue weighted by atomic mass is 19.4. The number of aromatic nitrogens is 2. The van der Waals surface area contributed by atoms with E-state index in [9.17, 15) is 13.2 Å². The van der Waals surface area contributed by atoms with E-state index in [0.717, 1.165) is 0 Å². The molecule has 0 aliphatic heterocycles. The monoisotopic (exact) mass is 238 g/mol. The van der Waals surface area contributed by atoms with Gasteiger partial charge in [-0.1, -0.05) is 0 Å². The molecule has 7 heteroatoms. The van der Waals surface area contributed by atoms with Crippen LogP contribution >= 0.6 is 0 Å². The van der Waals surface area contributed by atoms with E-state index >= 15 is 0 Å². The molecule has 0 N–H and O–H groups in total. The van der Waals surface area contributed by atoms with E-state index in [1.165, 1.54) is 6.20 Å². The average molecular weight is 238 g/mol. The van der Waals surface area contributed by atoms with E-state index in [4.69, 9.17) is 4.74 Å². The van der Waals surface area contributed by atoms with Crippen molar-refractivity contribution in [1.82, 2.24) is 9.78 Å². The quantitative estimate of drug-likeness (QED) is 0.739. The zero-order valence-corrected chi connectivity index (χ0v) is 8.99. The van der Waals surface area contributed by atoms with E-state index in [-0.39, 0.29) is 12.6 Å². The first kappa shape index (κ1) is 12.8. The lowest BCUT2D eigenvalue weighted by atomic mass is 10.4. The van der Waals surface area contributed by atoms with Crippen molar-refractivity contribution in [3.8, 4) is 5.75 Å². The summed E-state index contributed by atoms with van der Waals surface area (Å²) in [5.74, 6) is 0.430. The molecule has 1 rings (SSSR count). The van der Waals surface area contributed by atoms with Crippen LogP contribution in [0.1, 0.15) is 19.9 Å². The van der Waals surface area contributed by atoms with Gasteiger partial charge in [-0.3, -0.25) is 9.42 Å². The summed E-state index contributed by atoms with van der Waals surface area (Å²) in [5.41, 5.74) is 0. The summed E-state index contributed by atoms with van der Waals surface area (Å²) in [6.45, 7) is 3.17. The molecule has 0 aliphatic carbocycles. The first-order chi connectivity index (χ1) is 7.38. The largest absolute Gasteiger partial charge is 0.522 e. The Labute approximate surface area is 91.0 Å². The van der Waals surface area contributed by atoms with Gasteiger partial charge in [0.05, 0.1) is 19.0 Å². The Bertz CT molecular complexity index is 323. The highest BCUT2D eigenvalue weighted by molar-refractivity contribution is 5.11. The minimum absolute atomic E-state index is 0.163. The van der Waals surface area contributed by atoms with Crippen molar-refractivity contribution in [3.63, 3.8) is 0 Å². The van der Waals surface area contributed by atoms with Crippen molar-refractivity contribution in [2.24, 2.45) is 0 Å². The van der Waals surface area contributed by atoms with E-state index in [1.54, 1.807) is 10.9 Å². The number of hydrogen-bond donors (Lipinski definition) is 0. The standard InChI is InChI=1S/C9H13F3N2O2/c1-7(2)14-6-8(5-13-14)15-3-4-16-9(10,11)12/h5-7H,3-4H2,1-2H3. The van der Waals surface area contributed by atoms with Crippen molar-refractivity contribution in [2.75, 3.05) is 13.2 Å². The van der Waals surface area contributed by atoms with Crippen molar-refractivity contribution < 1.29 is 22.6 Å². The number of ether oxygens (including phenoxy) is 2. The Morgan fingerprint density at radius 1 is 1.38 bits per heavy atom. The van der Waals surface area contributed by atoms with E-state index < -0.39 is 13.0 Å². The van der Waals surface area contributed by atoms with Crippen LogP contribution in [-0.2, 0) is 4.74 Å². The van der Waals surface area contributed by atoms with Crippen LogP contribution in [0.25, 0.3) is 0 Å². The molecule has 0 fully saturated rings. The lowest BCUT2D eigenvalue weighted by molar-refractivity contribution is -0.325. The van der Waals surface area contributed by atoms with Crippen LogP contribution in [0.2, 0.25) is 0 Å². The smallest absolute Gasteiger partial charge is 0.488 e. The van der Waals surface area contributed by atoms with Crippen molar-refractivity contribution in [1.29, 1.82) is 0 Å². The molecule has 0 aliphatic rings. The number of nitrogens with zero attached hydrogens (tertiary/aromatic N) is 2. The molecule has 1 heterocycles. The lowest BCUT2D eigenvalue weighted by Gasteiger charge is -2.07. The number of hydrogen-bond acceptors (Lipinski definition) is 3. The second-order valence-electron chi connectivity index (χ2n) is 3.39. The first-order valence-electron chi connectivity index (χ1n) is 4.76. The molecule has 1 aromatic rings. The fraction of sp³-hybridized carbons (Fsp3) is 0.667. The maximum Gasteiger partial charge on any atom is 0.522 e. The summed E-state index contributed by atoms with van der Waals surface area (Å²) < 4.78 is 45.0. The second kappa shape index (κ2) is 5.20. The SMILES string of the molecule is CC(C)n1cc(OCCOC(F)(F)F)cn1. The van der Waals surface area contributed by atoms with Crippen LogP contribution in [0.5, 0.6) is 5.75 Å². The predicted molar refractivity (Wildman–Crippen MR) is 50.1 cm³/mol. The Balaban J connectivity index is 2.27. The van der Waals surface area contributed by atoms with Crippen LogP contribution in [0, 0.1) is 0 Å². The van der Waals surface area contributed by atoms with Crippen molar-refractivity contribution in [3.05, 3.63) is 12.4 Å². The maximum atomic E-state index is 11.6. The predicted octanol–water partition coefficient (Wildman–Crippen LogP) is 2.38. The molecule has 0 radical (unpaired) electrons. The lowest BCUT2D eigenvalue weighted by Crippen LogP contribution is -2.18. The van der Waals surface area contributed by atoms with Gasteiger partial charge >= 0.3 is 6.36 Å². The van der Waals surface area contributed by atoms with Crippen LogP contribution in [0.15, 0.2) is 12.4 Å². The number of halogens is 3. The summed E-state index contributed by atoms with van der Waals surface area (Å²) in [7, 11) is 0. The molecule has 0 amide bonds. The van der Waals surface area contributed by atoms with Gasteiger partial charge in [0.15, 0.2) is 5.75 Å². The van der Waals surface area contributed by atoms with Crippen LogP contribution in [0.4, 0.5) is 13.2 Å². The van der Waals surface area contributed by atoms with E-state index in [1.807, 2.05) is 13.8 Å². The average Bonchev–Trinajstić information content (AvgIpc) is 2.59. The molecule has 16 heavy (non-hydrogen) atoms. The summed E-state index contributed by atoms with van der Waals surface area (Å²) in [6, 6.07) is 0.184. The van der Waals surface area contributed by atoms with Crippen LogP contribution in [0.3, 0.4) is 0 Å². The Kier molecular flexibility index (Phi) is 4.17. The Morgan fingerprint density at radius 2 is 2.06 bits per heavy atom. The van der Waals surface area contributed by atoms with Gasteiger partial charge in [-0.05, 0) is 13.8 Å². The topological polar surface area (TPSA) is 36.3 Å². The highest BCUT2D eigenvalue weighted by Gasteiger charge is 2.28. The molecule has 0 saturated heterocycles. The molecular weight excluding hydrogens is 225 g/mol. The number of alkyl halides is 3. The summed E-state index contributed by atoms with van der Waals surface area (Å²) in [5, 5.41) is 3.97. The van der Waals surface area contributed by atoms with Gasteiger partial charge in [0.2, 0.25) is 0 Å². The van der Waals surface area contributed by atoms with Gasteiger partial charge in [0.1, 0.15) is 6.61 Å². The summed E-state index contributed by atoms with van der Waals surface area (Å²) in [4.78, 5) is 0. The number of rotatable bonds is 5. The molecule has 0 aromatic carbocycles. The molecule has 0 spiro atoms. The normalized spacial score (nSPS) is 12.1. The van der Waals surface area contributed by atoms with Gasteiger partial charge in [0.25, 0.3) is 0 Å². The molecule has 0 unspecified atom stereocenters. The highest BCUT2D eigenvalue weighted by Crippen LogP contribution is 2.16. The molecule has 0 bridgehead atoms. The fourth-order valence-electron chi connectivity index (χ4n) is 0.994. The Morgan fingerprint density at radius 3 is 2.56 bits per heavy atom. The van der Waals surface area contributed by atoms with Gasteiger partial charge in [-0.15, -0.1) is 13.2 Å². The van der Waals surface area contributed by atoms with Crippen molar-refractivity contribution in [2.45, 2.75) is 26.3 Å². The Hall–Kier alpha value is -1.24. The molecule has 1 aromatic heterocycles. The third-order valence-electron chi connectivity index (χ3n) is 1.72. The van der Waals surface area contributed by atoms with Gasteiger partial charge in [-0.25, -0.2) is 0 Å². The molecule has 0 atom stereocenters. The third kappa shape index (κ3) is 4.52. The van der Waals surface area contributed by atoms with Gasteiger partial charge < -0.3 is 4.74 Å². The first-order valence-corrected chi connectivity index (χ1v) is 4.76. The van der Waals surface area contributed by atoms with Crippen molar-refractivity contribution >= 4 is 0 Å². The minimum atomic E-state index is -4.61. The second-order valence-corrected chi connectivity index (χ2v) is 3.39.